The molecule has 0 saturated heterocycles. The van der Waals surface area contributed by atoms with Crippen molar-refractivity contribution in [2.45, 2.75) is 19.9 Å². The van der Waals surface area contributed by atoms with Crippen LogP contribution in [0.15, 0.2) is 35.3 Å². The van der Waals surface area contributed by atoms with Crippen molar-refractivity contribution in [3.05, 3.63) is 46.5 Å². The molecule has 0 unspecified atom stereocenters. The van der Waals surface area contributed by atoms with Crippen LogP contribution < -0.4 is 5.32 Å². The summed E-state index contributed by atoms with van der Waals surface area (Å²) in [6.45, 7) is 7.69. The monoisotopic (exact) mass is 253 g/mol. The van der Waals surface area contributed by atoms with Gasteiger partial charge in [-0.2, -0.15) is 0 Å². The van der Waals surface area contributed by atoms with Crippen LogP contribution >= 0.6 is 15.9 Å². The molecule has 0 aliphatic heterocycles. The van der Waals surface area contributed by atoms with E-state index in [1.807, 2.05) is 0 Å². The zero-order valence-corrected chi connectivity index (χ0v) is 10.1. The molecule has 76 valence electrons. The summed E-state index contributed by atoms with van der Waals surface area (Å²) in [7, 11) is 0. The summed E-state index contributed by atoms with van der Waals surface area (Å²) >= 11 is 3.33. The van der Waals surface area contributed by atoms with Gasteiger partial charge in [-0.05, 0) is 17.5 Å². The van der Waals surface area contributed by atoms with Crippen molar-refractivity contribution in [2.75, 3.05) is 6.54 Å². The maximum Gasteiger partial charge on any atom is 0.0268 e. The molecule has 0 aliphatic rings. The lowest BCUT2D eigenvalue weighted by Gasteiger charge is -2.08. The largest absolute Gasteiger partial charge is 0.308 e. The zero-order chi connectivity index (χ0) is 10.4. The summed E-state index contributed by atoms with van der Waals surface area (Å²) in [5.41, 5.74) is 2.80. The first-order valence-corrected chi connectivity index (χ1v) is 5.64. The summed E-state index contributed by atoms with van der Waals surface area (Å²) in [5, 5.41) is 3.33. The Kier molecular flexibility index (Phi) is 4.91. The SMILES string of the molecule is C=C(Br)CNCc1ccccc1CC. The van der Waals surface area contributed by atoms with Gasteiger partial charge in [0.1, 0.15) is 0 Å². The van der Waals surface area contributed by atoms with E-state index >= 15 is 0 Å². The Morgan fingerprint density at radius 3 is 2.57 bits per heavy atom. The van der Waals surface area contributed by atoms with Crippen molar-refractivity contribution in [2.24, 2.45) is 0 Å². The van der Waals surface area contributed by atoms with E-state index in [0.717, 1.165) is 24.0 Å². The summed E-state index contributed by atoms with van der Waals surface area (Å²) < 4.78 is 0.992. The number of rotatable bonds is 5. The van der Waals surface area contributed by atoms with Crippen molar-refractivity contribution < 1.29 is 0 Å². The van der Waals surface area contributed by atoms with Crippen LogP contribution in [0, 0.1) is 0 Å². The van der Waals surface area contributed by atoms with Gasteiger partial charge in [0.15, 0.2) is 0 Å². The molecule has 1 nitrogen and oxygen atoms in total. The Morgan fingerprint density at radius 1 is 1.36 bits per heavy atom. The third-order valence-electron chi connectivity index (χ3n) is 2.13. The quantitative estimate of drug-likeness (QED) is 0.850. The Bertz CT molecular complexity index is 307. The zero-order valence-electron chi connectivity index (χ0n) is 8.52. The van der Waals surface area contributed by atoms with Crippen LogP contribution in [-0.2, 0) is 13.0 Å². The lowest BCUT2D eigenvalue weighted by atomic mass is 10.1. The third-order valence-corrected chi connectivity index (χ3v) is 2.41. The van der Waals surface area contributed by atoms with Gasteiger partial charge >= 0.3 is 0 Å². The lowest BCUT2D eigenvalue weighted by molar-refractivity contribution is 0.749. The summed E-state index contributed by atoms with van der Waals surface area (Å²) in [4.78, 5) is 0. The van der Waals surface area contributed by atoms with Gasteiger partial charge < -0.3 is 5.32 Å². The molecule has 0 heterocycles. The molecule has 0 fully saturated rings. The molecule has 0 aliphatic carbocycles. The Labute approximate surface area is 94.3 Å². The Balaban J connectivity index is 2.53. The standard InChI is InChI=1S/C12H16BrN/c1-3-11-6-4-5-7-12(11)9-14-8-10(2)13/h4-7,14H,2-3,8-9H2,1H3. The molecule has 14 heavy (non-hydrogen) atoms. The van der Waals surface area contributed by atoms with Crippen molar-refractivity contribution in [1.29, 1.82) is 0 Å². The van der Waals surface area contributed by atoms with Crippen molar-refractivity contribution in [3.63, 3.8) is 0 Å². The number of aryl methyl sites for hydroxylation is 1. The van der Waals surface area contributed by atoms with Crippen LogP contribution in [0.2, 0.25) is 0 Å². The van der Waals surface area contributed by atoms with Crippen LogP contribution in [0.5, 0.6) is 0 Å². The predicted octanol–water partition coefficient (Wildman–Crippen LogP) is 3.25. The molecule has 2 heteroatoms. The van der Waals surface area contributed by atoms with E-state index in [1.165, 1.54) is 11.1 Å². The minimum absolute atomic E-state index is 0.818. The first kappa shape index (κ1) is 11.5. The maximum atomic E-state index is 3.78. The van der Waals surface area contributed by atoms with Crippen LogP contribution in [-0.4, -0.2) is 6.54 Å². The van der Waals surface area contributed by atoms with E-state index in [0.29, 0.717) is 0 Å². The van der Waals surface area contributed by atoms with E-state index < -0.39 is 0 Å². The van der Waals surface area contributed by atoms with Crippen molar-refractivity contribution in [1.82, 2.24) is 5.32 Å². The number of hydrogen-bond acceptors (Lipinski definition) is 1. The summed E-state index contributed by atoms with van der Waals surface area (Å²) in [5.74, 6) is 0. The highest BCUT2D eigenvalue weighted by Crippen LogP contribution is 2.09. The number of halogens is 1. The van der Waals surface area contributed by atoms with Gasteiger partial charge in [-0.1, -0.05) is 53.7 Å². The van der Waals surface area contributed by atoms with Crippen LogP contribution in [0.4, 0.5) is 0 Å². The van der Waals surface area contributed by atoms with Gasteiger partial charge in [0.25, 0.3) is 0 Å². The average Bonchev–Trinajstić information content (AvgIpc) is 2.18. The summed E-state index contributed by atoms with van der Waals surface area (Å²) in [6, 6.07) is 8.52. The molecule has 1 rings (SSSR count). The van der Waals surface area contributed by atoms with E-state index in [1.54, 1.807) is 0 Å². The van der Waals surface area contributed by atoms with Gasteiger partial charge in [-0.3, -0.25) is 0 Å². The fourth-order valence-corrected chi connectivity index (χ4v) is 1.61. The second-order valence-corrected chi connectivity index (χ2v) is 4.36. The molecule has 0 radical (unpaired) electrons. The molecule has 1 N–H and O–H groups in total. The normalized spacial score (nSPS) is 10.1. The lowest BCUT2D eigenvalue weighted by Crippen LogP contribution is -2.15. The number of hydrogen-bond donors (Lipinski definition) is 1. The fourth-order valence-electron chi connectivity index (χ4n) is 1.41. The molecule has 0 aromatic heterocycles. The highest BCUT2D eigenvalue weighted by Gasteiger charge is 1.98. The van der Waals surface area contributed by atoms with Gasteiger partial charge in [-0.25, -0.2) is 0 Å². The van der Waals surface area contributed by atoms with E-state index in [4.69, 9.17) is 0 Å². The Hall–Kier alpha value is -0.600. The smallest absolute Gasteiger partial charge is 0.0268 e. The first-order valence-electron chi connectivity index (χ1n) is 4.84. The predicted molar refractivity (Wildman–Crippen MR) is 65.6 cm³/mol. The number of nitrogens with one attached hydrogen (secondary N) is 1. The first-order chi connectivity index (χ1) is 6.74. The van der Waals surface area contributed by atoms with Crippen LogP contribution in [0.3, 0.4) is 0 Å². The minimum Gasteiger partial charge on any atom is -0.308 e. The molecule has 0 saturated carbocycles. The van der Waals surface area contributed by atoms with Gasteiger partial charge in [0, 0.05) is 17.6 Å². The highest BCUT2D eigenvalue weighted by molar-refractivity contribution is 9.11. The summed E-state index contributed by atoms with van der Waals surface area (Å²) in [6.07, 6.45) is 1.09. The van der Waals surface area contributed by atoms with Gasteiger partial charge in [0.2, 0.25) is 0 Å². The van der Waals surface area contributed by atoms with Gasteiger partial charge in [0.05, 0.1) is 0 Å². The molecule has 0 spiro atoms. The van der Waals surface area contributed by atoms with Crippen LogP contribution in [0.1, 0.15) is 18.1 Å². The topological polar surface area (TPSA) is 12.0 Å². The highest BCUT2D eigenvalue weighted by atomic mass is 79.9. The molecule has 0 bridgehead atoms. The Morgan fingerprint density at radius 2 is 2.00 bits per heavy atom. The van der Waals surface area contributed by atoms with E-state index in [2.05, 4.69) is 59.0 Å². The number of benzene rings is 1. The van der Waals surface area contributed by atoms with Crippen molar-refractivity contribution in [3.8, 4) is 0 Å². The molecular formula is C12H16BrN. The minimum atomic E-state index is 0.818. The average molecular weight is 254 g/mol. The second kappa shape index (κ2) is 5.99. The third kappa shape index (κ3) is 3.64. The molecule has 0 atom stereocenters. The molecular weight excluding hydrogens is 238 g/mol. The van der Waals surface area contributed by atoms with E-state index in [-0.39, 0.29) is 0 Å². The second-order valence-electron chi connectivity index (χ2n) is 3.24. The molecule has 1 aromatic rings. The molecule has 0 amide bonds. The van der Waals surface area contributed by atoms with Gasteiger partial charge in [-0.15, -0.1) is 0 Å². The van der Waals surface area contributed by atoms with E-state index in [9.17, 15) is 0 Å². The maximum absolute atomic E-state index is 3.78. The molecule has 1 aromatic carbocycles. The fraction of sp³-hybridized carbons (Fsp3) is 0.333. The van der Waals surface area contributed by atoms with Crippen LogP contribution in [0.25, 0.3) is 0 Å². The van der Waals surface area contributed by atoms with Crippen molar-refractivity contribution >= 4 is 15.9 Å².